The molecule has 98 valence electrons. The fraction of sp³-hybridized carbons (Fsp3) is 0.818. The first-order valence-corrected chi connectivity index (χ1v) is 6.23. The highest BCUT2D eigenvalue weighted by molar-refractivity contribution is 5.95. The number of nitrogens with zero attached hydrogens (tertiary/aromatic N) is 1. The Bertz CT molecular complexity index is 250. The van der Waals surface area contributed by atoms with Gasteiger partial charge in [-0.25, -0.2) is 4.79 Å². The molecule has 0 aromatic heterocycles. The second kappa shape index (κ2) is 8.03. The van der Waals surface area contributed by atoms with E-state index in [0.29, 0.717) is 13.1 Å². The topological polar surface area (TPSA) is 73.5 Å². The van der Waals surface area contributed by atoms with Gasteiger partial charge < -0.3 is 10.6 Å². The molecule has 0 bridgehead atoms. The van der Waals surface area contributed by atoms with Gasteiger partial charge in [0.1, 0.15) is 0 Å². The number of rotatable bonds is 4. The molecule has 6 nitrogen and oxygen atoms in total. The molecule has 1 saturated heterocycles. The van der Waals surface area contributed by atoms with Crippen LogP contribution in [-0.2, 0) is 4.79 Å². The van der Waals surface area contributed by atoms with Crippen molar-refractivity contribution in [2.75, 3.05) is 39.3 Å². The molecular weight excluding hydrogens is 220 g/mol. The molecule has 1 aliphatic heterocycles. The first kappa shape index (κ1) is 13.9. The largest absolute Gasteiger partial charge is 0.338 e. The van der Waals surface area contributed by atoms with E-state index in [9.17, 15) is 9.59 Å². The summed E-state index contributed by atoms with van der Waals surface area (Å²) in [6, 6.07) is -0.398. The van der Waals surface area contributed by atoms with Crippen molar-refractivity contribution in [3.63, 3.8) is 0 Å². The highest BCUT2D eigenvalue weighted by atomic mass is 16.2. The third-order valence-corrected chi connectivity index (χ3v) is 2.59. The Morgan fingerprint density at radius 1 is 1.29 bits per heavy atom. The zero-order valence-corrected chi connectivity index (χ0v) is 10.4. The number of carbonyl (C=O) groups excluding carboxylic acids is 2. The molecule has 1 aliphatic rings. The summed E-state index contributed by atoms with van der Waals surface area (Å²) in [7, 11) is 0. The van der Waals surface area contributed by atoms with E-state index in [1.54, 1.807) is 0 Å². The maximum atomic E-state index is 11.6. The molecule has 1 heterocycles. The second-order valence-electron chi connectivity index (χ2n) is 4.18. The first-order valence-electron chi connectivity index (χ1n) is 6.23. The number of hydrogen-bond donors (Lipinski definition) is 3. The minimum Gasteiger partial charge on any atom is -0.338 e. The number of imide groups is 1. The van der Waals surface area contributed by atoms with Crippen molar-refractivity contribution in [2.45, 2.75) is 19.8 Å². The van der Waals surface area contributed by atoms with E-state index in [2.05, 4.69) is 20.9 Å². The van der Waals surface area contributed by atoms with Crippen molar-refractivity contribution < 1.29 is 9.59 Å². The lowest BCUT2D eigenvalue weighted by atomic mass is 10.4. The third-order valence-electron chi connectivity index (χ3n) is 2.59. The molecule has 0 saturated carbocycles. The molecule has 17 heavy (non-hydrogen) atoms. The summed E-state index contributed by atoms with van der Waals surface area (Å²) in [6.45, 7) is 6.49. The first-order chi connectivity index (χ1) is 8.22. The Morgan fingerprint density at radius 2 is 2.12 bits per heavy atom. The van der Waals surface area contributed by atoms with E-state index in [1.165, 1.54) is 0 Å². The Labute approximate surface area is 102 Å². The van der Waals surface area contributed by atoms with E-state index in [0.717, 1.165) is 39.0 Å². The number of nitrogens with one attached hydrogen (secondary N) is 3. The van der Waals surface area contributed by atoms with Crippen LogP contribution in [0.25, 0.3) is 0 Å². The summed E-state index contributed by atoms with van der Waals surface area (Å²) in [5.41, 5.74) is 0. The lowest BCUT2D eigenvalue weighted by Crippen LogP contribution is -2.45. The minimum atomic E-state index is -0.398. The van der Waals surface area contributed by atoms with Gasteiger partial charge in [0.15, 0.2) is 0 Å². The summed E-state index contributed by atoms with van der Waals surface area (Å²) < 4.78 is 0. The maximum absolute atomic E-state index is 11.6. The Morgan fingerprint density at radius 3 is 2.88 bits per heavy atom. The molecule has 3 N–H and O–H groups in total. The van der Waals surface area contributed by atoms with Crippen molar-refractivity contribution >= 4 is 11.9 Å². The normalized spacial score (nSPS) is 17.2. The van der Waals surface area contributed by atoms with Crippen LogP contribution in [0, 0.1) is 0 Å². The number of hydrogen-bond acceptors (Lipinski definition) is 4. The van der Waals surface area contributed by atoms with Crippen molar-refractivity contribution in [3.05, 3.63) is 0 Å². The van der Waals surface area contributed by atoms with Crippen LogP contribution in [0.2, 0.25) is 0 Å². The van der Waals surface area contributed by atoms with Crippen LogP contribution in [0.1, 0.15) is 19.8 Å². The quantitative estimate of drug-likeness (QED) is 0.622. The van der Waals surface area contributed by atoms with Gasteiger partial charge in [-0.3, -0.25) is 15.0 Å². The van der Waals surface area contributed by atoms with Crippen LogP contribution in [0.3, 0.4) is 0 Å². The monoisotopic (exact) mass is 242 g/mol. The van der Waals surface area contributed by atoms with E-state index in [4.69, 9.17) is 0 Å². The smallest absolute Gasteiger partial charge is 0.321 e. The molecule has 0 unspecified atom stereocenters. The van der Waals surface area contributed by atoms with Gasteiger partial charge in [-0.1, -0.05) is 6.92 Å². The average molecular weight is 242 g/mol. The zero-order valence-electron chi connectivity index (χ0n) is 10.4. The minimum absolute atomic E-state index is 0.236. The summed E-state index contributed by atoms with van der Waals surface area (Å²) in [5, 5.41) is 8.21. The predicted molar refractivity (Wildman–Crippen MR) is 65.8 cm³/mol. The number of carbonyl (C=O) groups is 2. The van der Waals surface area contributed by atoms with Gasteiger partial charge in [-0.05, 0) is 25.9 Å². The van der Waals surface area contributed by atoms with Crippen molar-refractivity contribution in [3.8, 4) is 0 Å². The van der Waals surface area contributed by atoms with E-state index >= 15 is 0 Å². The standard InChI is InChI=1S/C11H22N4O2/c1-2-4-13-11(17)14-10(16)9-15-7-3-5-12-6-8-15/h12H,2-9H2,1H3,(H2,13,14,16,17). The van der Waals surface area contributed by atoms with Crippen LogP contribution < -0.4 is 16.0 Å². The lowest BCUT2D eigenvalue weighted by Gasteiger charge is -2.18. The zero-order chi connectivity index (χ0) is 12.5. The summed E-state index contributed by atoms with van der Waals surface area (Å²) in [4.78, 5) is 24.9. The maximum Gasteiger partial charge on any atom is 0.321 e. The summed E-state index contributed by atoms with van der Waals surface area (Å²) >= 11 is 0. The molecule has 1 fully saturated rings. The van der Waals surface area contributed by atoms with Gasteiger partial charge in [-0.15, -0.1) is 0 Å². The van der Waals surface area contributed by atoms with Gasteiger partial charge in [-0.2, -0.15) is 0 Å². The lowest BCUT2D eigenvalue weighted by molar-refractivity contribution is -0.121. The van der Waals surface area contributed by atoms with Gasteiger partial charge in [0, 0.05) is 19.6 Å². The Balaban J connectivity index is 2.20. The average Bonchev–Trinajstić information content (AvgIpc) is 2.54. The molecule has 0 atom stereocenters. The van der Waals surface area contributed by atoms with Crippen molar-refractivity contribution in [1.82, 2.24) is 20.9 Å². The molecule has 1 rings (SSSR count). The van der Waals surface area contributed by atoms with Crippen LogP contribution in [-0.4, -0.2) is 56.1 Å². The van der Waals surface area contributed by atoms with Crippen LogP contribution in [0.15, 0.2) is 0 Å². The van der Waals surface area contributed by atoms with E-state index in [-0.39, 0.29) is 5.91 Å². The molecule has 0 aromatic carbocycles. The van der Waals surface area contributed by atoms with Gasteiger partial charge >= 0.3 is 6.03 Å². The van der Waals surface area contributed by atoms with E-state index in [1.807, 2.05) is 6.92 Å². The van der Waals surface area contributed by atoms with Crippen molar-refractivity contribution in [1.29, 1.82) is 0 Å². The Hall–Kier alpha value is -1.14. The summed E-state index contributed by atoms with van der Waals surface area (Å²) in [6.07, 6.45) is 1.90. The molecule has 0 aromatic rings. The fourth-order valence-corrected chi connectivity index (χ4v) is 1.71. The number of amides is 3. The molecule has 6 heteroatoms. The SMILES string of the molecule is CCCNC(=O)NC(=O)CN1CCCNCC1. The highest BCUT2D eigenvalue weighted by Crippen LogP contribution is 1.94. The molecule has 0 aliphatic carbocycles. The van der Waals surface area contributed by atoms with Gasteiger partial charge in [0.2, 0.25) is 5.91 Å². The molecular formula is C11H22N4O2. The van der Waals surface area contributed by atoms with Crippen LogP contribution in [0.5, 0.6) is 0 Å². The molecule has 0 radical (unpaired) electrons. The van der Waals surface area contributed by atoms with E-state index < -0.39 is 6.03 Å². The van der Waals surface area contributed by atoms with Gasteiger partial charge in [0.25, 0.3) is 0 Å². The van der Waals surface area contributed by atoms with Crippen molar-refractivity contribution in [2.24, 2.45) is 0 Å². The van der Waals surface area contributed by atoms with Crippen LogP contribution in [0.4, 0.5) is 4.79 Å². The number of urea groups is 1. The highest BCUT2D eigenvalue weighted by Gasteiger charge is 2.14. The summed E-state index contributed by atoms with van der Waals surface area (Å²) in [5.74, 6) is -0.236. The van der Waals surface area contributed by atoms with Gasteiger partial charge in [0.05, 0.1) is 6.54 Å². The second-order valence-corrected chi connectivity index (χ2v) is 4.18. The van der Waals surface area contributed by atoms with Crippen LogP contribution >= 0.6 is 0 Å². The predicted octanol–water partition coefficient (Wildman–Crippen LogP) is -0.482. The third kappa shape index (κ3) is 6.23. The Kier molecular flexibility index (Phi) is 6.57. The fourth-order valence-electron chi connectivity index (χ4n) is 1.71. The molecule has 3 amide bonds. The molecule has 0 spiro atoms.